The molecule has 0 unspecified atom stereocenters. The molecular formula is C15H24O. The van der Waals surface area contributed by atoms with E-state index < -0.39 is 0 Å². The molecule has 0 aliphatic heterocycles. The largest absolute Gasteiger partial charge is 0.294 e. The maximum absolute atomic E-state index is 11.3. The van der Waals surface area contributed by atoms with E-state index in [1.54, 1.807) is 6.92 Å². The van der Waals surface area contributed by atoms with Crippen LogP contribution < -0.4 is 0 Å². The summed E-state index contributed by atoms with van der Waals surface area (Å²) in [5, 5.41) is 0. The molecule has 1 aliphatic rings. The third-order valence-electron chi connectivity index (χ3n) is 3.80. The Kier molecular flexibility index (Phi) is 3.50. The fourth-order valence-corrected chi connectivity index (χ4v) is 2.75. The number of Topliss-reactive ketones (excluding diaryl/α,β-unsaturated/α-hetero) is 1. The van der Waals surface area contributed by atoms with Crippen LogP contribution in [0.1, 0.15) is 60.8 Å². The second-order valence-electron chi connectivity index (χ2n) is 6.30. The lowest BCUT2D eigenvalue weighted by molar-refractivity contribution is -0.113. The van der Waals surface area contributed by atoms with Crippen LogP contribution in [0.5, 0.6) is 0 Å². The molecule has 0 amide bonds. The number of allylic oxidation sites excluding steroid dienone is 1. The monoisotopic (exact) mass is 220 g/mol. The molecule has 1 aliphatic carbocycles. The Balaban J connectivity index is 3.35. The van der Waals surface area contributed by atoms with Crippen LogP contribution in [0.4, 0.5) is 0 Å². The van der Waals surface area contributed by atoms with Crippen molar-refractivity contribution in [1.82, 2.24) is 0 Å². The molecule has 1 rings (SSSR count). The number of ketones is 1. The maximum atomic E-state index is 11.3. The topological polar surface area (TPSA) is 17.1 Å². The lowest BCUT2D eigenvalue weighted by Crippen LogP contribution is -2.31. The molecule has 0 heterocycles. The minimum absolute atomic E-state index is 0.129. The van der Waals surface area contributed by atoms with Gasteiger partial charge in [0.05, 0.1) is 0 Å². The molecule has 0 atom stereocenters. The van der Waals surface area contributed by atoms with Crippen molar-refractivity contribution in [2.45, 2.75) is 60.8 Å². The zero-order chi connectivity index (χ0) is 12.6. The van der Waals surface area contributed by atoms with Crippen LogP contribution in [0.3, 0.4) is 0 Å². The van der Waals surface area contributed by atoms with Crippen molar-refractivity contribution in [3.05, 3.63) is 16.9 Å². The smallest absolute Gasteiger partial charge is 0.163 e. The van der Waals surface area contributed by atoms with Gasteiger partial charge in [-0.1, -0.05) is 34.1 Å². The number of hydrogen-bond donors (Lipinski definition) is 0. The third-order valence-corrected chi connectivity index (χ3v) is 3.80. The van der Waals surface area contributed by atoms with Gasteiger partial charge in [0.1, 0.15) is 0 Å². The van der Waals surface area contributed by atoms with Gasteiger partial charge in [-0.2, -0.15) is 0 Å². The second-order valence-corrected chi connectivity index (χ2v) is 6.30. The molecule has 1 fully saturated rings. The van der Waals surface area contributed by atoms with Crippen LogP contribution >= 0.6 is 0 Å². The second kappa shape index (κ2) is 4.22. The van der Waals surface area contributed by atoms with Crippen molar-refractivity contribution >= 4 is 5.78 Å². The van der Waals surface area contributed by atoms with Gasteiger partial charge in [-0.15, -0.1) is 5.73 Å². The van der Waals surface area contributed by atoms with Gasteiger partial charge < -0.3 is 0 Å². The highest BCUT2D eigenvalue weighted by Crippen LogP contribution is 2.49. The molecule has 90 valence electrons. The summed E-state index contributed by atoms with van der Waals surface area (Å²) >= 11 is 0. The van der Waals surface area contributed by atoms with E-state index in [4.69, 9.17) is 0 Å². The van der Waals surface area contributed by atoms with Gasteiger partial charge in [0.25, 0.3) is 0 Å². The zero-order valence-electron chi connectivity index (χ0n) is 11.5. The highest BCUT2D eigenvalue weighted by atomic mass is 16.1. The normalized spacial score (nSPS) is 22.5. The molecule has 0 aromatic heterocycles. The predicted octanol–water partition coefficient (Wildman–Crippen LogP) is 4.28. The van der Waals surface area contributed by atoms with Crippen LogP contribution in [0.25, 0.3) is 0 Å². The van der Waals surface area contributed by atoms with Crippen molar-refractivity contribution < 1.29 is 4.79 Å². The molecule has 0 aromatic carbocycles. The third kappa shape index (κ3) is 2.65. The number of carbonyl (C=O) groups is 1. The molecule has 0 bridgehead atoms. The van der Waals surface area contributed by atoms with Gasteiger partial charge in [-0.25, -0.2) is 0 Å². The van der Waals surface area contributed by atoms with Crippen molar-refractivity contribution in [2.24, 2.45) is 10.8 Å². The number of hydrogen-bond acceptors (Lipinski definition) is 1. The first-order chi connectivity index (χ1) is 7.17. The summed E-state index contributed by atoms with van der Waals surface area (Å²) in [5.74, 6) is 0.129. The summed E-state index contributed by atoms with van der Waals surface area (Å²) < 4.78 is 0. The Hall–Kier alpha value is -0.810. The Morgan fingerprint density at radius 2 is 1.50 bits per heavy atom. The molecule has 0 N–H and O–H groups in total. The van der Waals surface area contributed by atoms with Crippen molar-refractivity contribution in [2.75, 3.05) is 0 Å². The minimum atomic E-state index is 0.129. The van der Waals surface area contributed by atoms with Gasteiger partial charge in [0.15, 0.2) is 5.78 Å². The van der Waals surface area contributed by atoms with Crippen LogP contribution in [0.2, 0.25) is 0 Å². The summed E-state index contributed by atoms with van der Waals surface area (Å²) in [4.78, 5) is 11.3. The van der Waals surface area contributed by atoms with Gasteiger partial charge in [0.2, 0.25) is 0 Å². The molecular weight excluding hydrogens is 196 g/mol. The summed E-state index contributed by atoms with van der Waals surface area (Å²) in [6.07, 6.45) is 3.66. The minimum Gasteiger partial charge on any atom is -0.294 e. The Labute approximate surface area is 99.6 Å². The zero-order valence-corrected chi connectivity index (χ0v) is 11.5. The van der Waals surface area contributed by atoms with E-state index in [1.807, 2.05) is 6.92 Å². The van der Waals surface area contributed by atoms with Gasteiger partial charge in [0, 0.05) is 5.57 Å². The van der Waals surface area contributed by atoms with E-state index in [0.717, 1.165) is 5.57 Å². The molecule has 0 saturated heterocycles. The molecule has 1 saturated carbocycles. The van der Waals surface area contributed by atoms with E-state index in [1.165, 1.54) is 24.8 Å². The molecule has 16 heavy (non-hydrogen) atoms. The molecule has 1 nitrogen and oxygen atoms in total. The number of carbonyl (C=O) groups excluding carboxylic acids is 1. The van der Waals surface area contributed by atoms with E-state index in [9.17, 15) is 4.79 Å². The summed E-state index contributed by atoms with van der Waals surface area (Å²) in [5.41, 5.74) is 5.82. The predicted molar refractivity (Wildman–Crippen MR) is 68.3 cm³/mol. The first-order valence-electron chi connectivity index (χ1n) is 6.16. The first-order valence-corrected chi connectivity index (χ1v) is 6.16. The lowest BCUT2D eigenvalue weighted by Gasteiger charge is -2.42. The van der Waals surface area contributed by atoms with Crippen LogP contribution in [0.15, 0.2) is 16.9 Å². The van der Waals surface area contributed by atoms with Crippen LogP contribution in [-0.4, -0.2) is 5.78 Å². The molecule has 0 aromatic rings. The quantitative estimate of drug-likeness (QED) is 0.476. The molecule has 1 heteroatoms. The van der Waals surface area contributed by atoms with E-state index in [-0.39, 0.29) is 16.6 Å². The fourth-order valence-electron chi connectivity index (χ4n) is 2.75. The van der Waals surface area contributed by atoms with Gasteiger partial charge in [-0.3, -0.25) is 4.79 Å². The van der Waals surface area contributed by atoms with Gasteiger partial charge >= 0.3 is 0 Å². The lowest BCUT2D eigenvalue weighted by atomic mass is 9.61. The van der Waals surface area contributed by atoms with Crippen molar-refractivity contribution in [3.8, 4) is 0 Å². The SMILES string of the molecule is CC(=O)C(C)=C=C1C(C)(C)CCCC1(C)C. The Bertz CT molecular complexity index is 345. The molecule has 0 spiro atoms. The van der Waals surface area contributed by atoms with Crippen LogP contribution in [0, 0.1) is 10.8 Å². The first kappa shape index (κ1) is 13.3. The highest BCUT2D eigenvalue weighted by Gasteiger charge is 2.38. The number of rotatable bonds is 1. The Morgan fingerprint density at radius 3 is 1.88 bits per heavy atom. The fraction of sp³-hybridized carbons (Fsp3) is 0.733. The van der Waals surface area contributed by atoms with E-state index in [2.05, 4.69) is 33.4 Å². The maximum Gasteiger partial charge on any atom is 0.163 e. The van der Waals surface area contributed by atoms with E-state index >= 15 is 0 Å². The average Bonchev–Trinajstić information content (AvgIpc) is 2.10. The summed E-state index contributed by atoms with van der Waals surface area (Å²) in [7, 11) is 0. The summed E-state index contributed by atoms with van der Waals surface area (Å²) in [6.45, 7) is 12.6. The van der Waals surface area contributed by atoms with Crippen molar-refractivity contribution in [1.29, 1.82) is 0 Å². The van der Waals surface area contributed by atoms with E-state index in [0.29, 0.717) is 0 Å². The average molecular weight is 220 g/mol. The Morgan fingerprint density at radius 1 is 1.06 bits per heavy atom. The molecule has 0 radical (unpaired) electrons. The van der Waals surface area contributed by atoms with Gasteiger partial charge in [-0.05, 0) is 43.1 Å². The standard InChI is InChI=1S/C15H24O/c1-11(12(2)16)10-13-14(3,4)8-7-9-15(13,5)6/h7-9H2,1-6H3. The summed E-state index contributed by atoms with van der Waals surface area (Å²) in [6, 6.07) is 0. The van der Waals surface area contributed by atoms with Crippen LogP contribution in [-0.2, 0) is 4.79 Å². The van der Waals surface area contributed by atoms with Crippen molar-refractivity contribution in [3.63, 3.8) is 0 Å². The highest BCUT2D eigenvalue weighted by molar-refractivity contribution is 5.92.